The number of hydrogen-bond donors (Lipinski definition) is 1. The second-order valence-electron chi connectivity index (χ2n) is 6.13. The Labute approximate surface area is 149 Å². The van der Waals surface area contributed by atoms with Crippen molar-refractivity contribution in [1.82, 2.24) is 4.72 Å². The van der Waals surface area contributed by atoms with Gasteiger partial charge in [-0.15, -0.1) is 0 Å². The van der Waals surface area contributed by atoms with E-state index in [2.05, 4.69) is 4.72 Å². The fraction of sp³-hybridized carbons (Fsp3) is 0.143. The van der Waals surface area contributed by atoms with E-state index in [0.29, 0.717) is 0 Å². The van der Waals surface area contributed by atoms with Crippen LogP contribution in [0, 0.1) is 13.8 Å². The maximum absolute atomic E-state index is 12.9. The molecule has 1 atom stereocenters. The van der Waals surface area contributed by atoms with Crippen molar-refractivity contribution in [3.8, 4) is 0 Å². The van der Waals surface area contributed by atoms with Gasteiger partial charge in [0, 0.05) is 0 Å². The Bertz CT molecular complexity index is 949. The molecule has 128 valence electrons. The van der Waals surface area contributed by atoms with Crippen molar-refractivity contribution in [1.29, 1.82) is 0 Å². The Morgan fingerprint density at radius 1 is 0.760 bits per heavy atom. The SMILES string of the molecule is Cc1ccc(S(=O)(=O)N[C@H](c2ccccc2)c2ccccc2C)cc1. The summed E-state index contributed by atoms with van der Waals surface area (Å²) in [5, 5.41) is 0. The molecule has 0 aliphatic carbocycles. The van der Waals surface area contributed by atoms with Crippen molar-refractivity contribution >= 4 is 10.0 Å². The first-order valence-corrected chi connectivity index (χ1v) is 9.65. The predicted octanol–water partition coefficient (Wildman–Crippen LogP) is 4.37. The van der Waals surface area contributed by atoms with Gasteiger partial charge in [0.15, 0.2) is 0 Å². The highest BCUT2D eigenvalue weighted by molar-refractivity contribution is 7.89. The average molecular weight is 351 g/mol. The van der Waals surface area contributed by atoms with E-state index in [9.17, 15) is 8.42 Å². The Hall–Kier alpha value is -2.43. The molecule has 0 aromatic heterocycles. The molecule has 0 bridgehead atoms. The molecule has 0 radical (unpaired) electrons. The van der Waals surface area contributed by atoms with Crippen molar-refractivity contribution in [3.05, 3.63) is 101 Å². The van der Waals surface area contributed by atoms with Gasteiger partial charge in [-0.3, -0.25) is 0 Å². The van der Waals surface area contributed by atoms with Crippen LogP contribution in [0.15, 0.2) is 83.8 Å². The number of benzene rings is 3. The van der Waals surface area contributed by atoms with Crippen LogP contribution in [0.1, 0.15) is 28.3 Å². The molecule has 4 heteroatoms. The smallest absolute Gasteiger partial charge is 0.207 e. The van der Waals surface area contributed by atoms with Gasteiger partial charge in [-0.1, -0.05) is 72.3 Å². The van der Waals surface area contributed by atoms with E-state index < -0.39 is 16.1 Å². The van der Waals surface area contributed by atoms with Gasteiger partial charge in [-0.05, 0) is 42.7 Å². The third-order valence-electron chi connectivity index (χ3n) is 4.24. The van der Waals surface area contributed by atoms with E-state index in [1.165, 1.54) is 0 Å². The van der Waals surface area contributed by atoms with Gasteiger partial charge in [0.1, 0.15) is 0 Å². The number of sulfonamides is 1. The van der Waals surface area contributed by atoms with E-state index in [-0.39, 0.29) is 4.90 Å². The van der Waals surface area contributed by atoms with E-state index in [1.807, 2.05) is 68.4 Å². The molecule has 0 unspecified atom stereocenters. The zero-order chi connectivity index (χ0) is 17.9. The summed E-state index contributed by atoms with van der Waals surface area (Å²) >= 11 is 0. The minimum Gasteiger partial charge on any atom is -0.207 e. The lowest BCUT2D eigenvalue weighted by atomic mass is 9.96. The summed E-state index contributed by atoms with van der Waals surface area (Å²) in [6.07, 6.45) is 0. The Morgan fingerprint density at radius 3 is 2.00 bits per heavy atom. The molecular weight excluding hydrogens is 330 g/mol. The lowest BCUT2D eigenvalue weighted by molar-refractivity contribution is 0.572. The Kier molecular flexibility index (Phi) is 5.02. The quantitative estimate of drug-likeness (QED) is 0.742. The van der Waals surface area contributed by atoms with Crippen LogP contribution < -0.4 is 4.72 Å². The van der Waals surface area contributed by atoms with E-state index >= 15 is 0 Å². The number of aryl methyl sites for hydroxylation is 2. The third-order valence-corrected chi connectivity index (χ3v) is 5.68. The molecule has 0 saturated carbocycles. The van der Waals surface area contributed by atoms with Crippen LogP contribution in [0.5, 0.6) is 0 Å². The minimum atomic E-state index is -3.64. The predicted molar refractivity (Wildman–Crippen MR) is 101 cm³/mol. The molecule has 3 aromatic rings. The highest BCUT2D eigenvalue weighted by Gasteiger charge is 2.23. The fourth-order valence-electron chi connectivity index (χ4n) is 2.81. The lowest BCUT2D eigenvalue weighted by Gasteiger charge is -2.21. The molecular formula is C21H21NO2S. The molecule has 3 nitrogen and oxygen atoms in total. The normalized spacial score (nSPS) is 12.7. The van der Waals surface area contributed by atoms with Gasteiger partial charge in [0.05, 0.1) is 10.9 Å². The second-order valence-corrected chi connectivity index (χ2v) is 7.85. The minimum absolute atomic E-state index is 0.271. The van der Waals surface area contributed by atoms with Crippen LogP contribution in [0.2, 0.25) is 0 Å². The van der Waals surface area contributed by atoms with Crippen molar-refractivity contribution in [2.45, 2.75) is 24.8 Å². The summed E-state index contributed by atoms with van der Waals surface area (Å²) in [4.78, 5) is 0.271. The summed E-state index contributed by atoms with van der Waals surface area (Å²) in [7, 11) is -3.64. The lowest BCUT2D eigenvalue weighted by Crippen LogP contribution is -2.30. The summed E-state index contributed by atoms with van der Waals surface area (Å²) in [5.74, 6) is 0. The average Bonchev–Trinajstić information content (AvgIpc) is 2.61. The van der Waals surface area contributed by atoms with Crippen LogP contribution in [0.4, 0.5) is 0 Å². The van der Waals surface area contributed by atoms with Gasteiger partial charge >= 0.3 is 0 Å². The molecule has 3 rings (SSSR count). The standard InChI is InChI=1S/C21H21NO2S/c1-16-12-14-19(15-13-16)25(23,24)22-21(18-9-4-3-5-10-18)20-11-7-6-8-17(20)2/h3-15,21-22H,1-2H3/t21-/m1/s1. The highest BCUT2D eigenvalue weighted by atomic mass is 32.2. The van der Waals surface area contributed by atoms with Crippen LogP contribution in [0.3, 0.4) is 0 Å². The largest absolute Gasteiger partial charge is 0.241 e. The molecule has 3 aromatic carbocycles. The van der Waals surface area contributed by atoms with Crippen molar-refractivity contribution < 1.29 is 8.42 Å². The molecule has 0 aliphatic rings. The van der Waals surface area contributed by atoms with Crippen LogP contribution in [-0.2, 0) is 10.0 Å². The van der Waals surface area contributed by atoms with Crippen LogP contribution in [-0.4, -0.2) is 8.42 Å². The molecule has 0 saturated heterocycles. The van der Waals surface area contributed by atoms with Crippen molar-refractivity contribution in [2.75, 3.05) is 0 Å². The van der Waals surface area contributed by atoms with Crippen molar-refractivity contribution in [2.24, 2.45) is 0 Å². The third kappa shape index (κ3) is 3.98. The summed E-state index contributed by atoms with van der Waals surface area (Å²) in [5.41, 5.74) is 3.93. The Balaban J connectivity index is 2.04. The number of rotatable bonds is 5. The molecule has 0 spiro atoms. The molecule has 0 heterocycles. The first-order valence-electron chi connectivity index (χ1n) is 8.17. The zero-order valence-corrected chi connectivity index (χ0v) is 15.1. The number of hydrogen-bond acceptors (Lipinski definition) is 2. The van der Waals surface area contributed by atoms with E-state index in [4.69, 9.17) is 0 Å². The first kappa shape index (κ1) is 17.4. The highest BCUT2D eigenvalue weighted by Crippen LogP contribution is 2.27. The number of nitrogens with one attached hydrogen (secondary N) is 1. The maximum atomic E-state index is 12.9. The summed E-state index contributed by atoms with van der Waals surface area (Å²) in [6, 6.07) is 23.9. The van der Waals surface area contributed by atoms with E-state index in [0.717, 1.165) is 22.3 Å². The van der Waals surface area contributed by atoms with Crippen molar-refractivity contribution in [3.63, 3.8) is 0 Å². The fourth-order valence-corrected chi connectivity index (χ4v) is 4.01. The van der Waals surface area contributed by atoms with Gasteiger partial charge < -0.3 is 0 Å². The van der Waals surface area contributed by atoms with Gasteiger partial charge in [-0.2, -0.15) is 4.72 Å². The molecule has 0 aliphatic heterocycles. The van der Waals surface area contributed by atoms with E-state index in [1.54, 1.807) is 24.3 Å². The van der Waals surface area contributed by atoms with Crippen LogP contribution in [0.25, 0.3) is 0 Å². The second kappa shape index (κ2) is 7.21. The molecule has 0 fully saturated rings. The van der Waals surface area contributed by atoms with Gasteiger partial charge in [-0.25, -0.2) is 8.42 Å². The molecule has 25 heavy (non-hydrogen) atoms. The summed E-state index contributed by atoms with van der Waals surface area (Å²) < 4.78 is 28.7. The monoisotopic (exact) mass is 351 g/mol. The Morgan fingerprint density at radius 2 is 1.36 bits per heavy atom. The maximum Gasteiger partial charge on any atom is 0.241 e. The first-order chi connectivity index (χ1) is 12.0. The van der Waals surface area contributed by atoms with Crippen LogP contribution >= 0.6 is 0 Å². The zero-order valence-electron chi connectivity index (χ0n) is 14.3. The van der Waals surface area contributed by atoms with Gasteiger partial charge in [0.2, 0.25) is 10.0 Å². The molecule has 0 amide bonds. The summed E-state index contributed by atoms with van der Waals surface area (Å²) in [6.45, 7) is 3.93. The van der Waals surface area contributed by atoms with Gasteiger partial charge in [0.25, 0.3) is 0 Å². The molecule has 1 N–H and O–H groups in total. The topological polar surface area (TPSA) is 46.2 Å².